The molecule has 1 heterocycles. The summed E-state index contributed by atoms with van der Waals surface area (Å²) < 4.78 is 0. The lowest BCUT2D eigenvalue weighted by atomic mass is 10.2. The van der Waals surface area contributed by atoms with Crippen LogP contribution in [0.4, 0.5) is 0 Å². The number of nitriles is 1. The van der Waals surface area contributed by atoms with E-state index in [4.69, 9.17) is 10.4 Å². The van der Waals surface area contributed by atoms with Gasteiger partial charge in [0.2, 0.25) is 0 Å². The number of rotatable bonds is 2. The van der Waals surface area contributed by atoms with Crippen LogP contribution in [-0.2, 0) is 4.79 Å². The quantitative estimate of drug-likeness (QED) is 0.537. The molecule has 0 radical (unpaired) electrons. The molecule has 0 saturated heterocycles. The zero-order valence-electron chi connectivity index (χ0n) is 6.64. The van der Waals surface area contributed by atoms with Gasteiger partial charge in [0.1, 0.15) is 11.6 Å². The SMILES string of the molecule is N#CC(=Cc1cccnc1)C(=O)O. The molecule has 13 heavy (non-hydrogen) atoms. The first kappa shape index (κ1) is 8.94. The van der Waals surface area contributed by atoms with E-state index in [-0.39, 0.29) is 5.57 Å². The Morgan fingerprint density at radius 1 is 1.69 bits per heavy atom. The number of hydrogen-bond acceptors (Lipinski definition) is 3. The van der Waals surface area contributed by atoms with Crippen molar-refractivity contribution in [2.75, 3.05) is 0 Å². The summed E-state index contributed by atoms with van der Waals surface area (Å²) in [6, 6.07) is 4.93. The summed E-state index contributed by atoms with van der Waals surface area (Å²) in [6.07, 6.45) is 4.33. The van der Waals surface area contributed by atoms with E-state index in [9.17, 15) is 4.79 Å². The van der Waals surface area contributed by atoms with Crippen molar-refractivity contribution in [3.63, 3.8) is 0 Å². The number of pyridine rings is 1. The smallest absolute Gasteiger partial charge is 0.346 e. The van der Waals surface area contributed by atoms with Crippen molar-refractivity contribution < 1.29 is 9.90 Å². The molecule has 0 aliphatic heterocycles. The predicted molar refractivity (Wildman–Crippen MR) is 45.5 cm³/mol. The highest BCUT2D eigenvalue weighted by Gasteiger charge is 2.04. The van der Waals surface area contributed by atoms with E-state index in [0.29, 0.717) is 5.56 Å². The summed E-state index contributed by atoms with van der Waals surface area (Å²) in [6.45, 7) is 0. The Labute approximate surface area is 74.8 Å². The molecular formula is C9H6N2O2. The summed E-state index contributed by atoms with van der Waals surface area (Å²) in [4.78, 5) is 14.2. The molecule has 0 unspecified atom stereocenters. The summed E-state index contributed by atoms with van der Waals surface area (Å²) in [5.41, 5.74) is 0.300. The van der Waals surface area contributed by atoms with Crippen LogP contribution in [0.3, 0.4) is 0 Å². The Hall–Kier alpha value is -2.15. The highest BCUT2D eigenvalue weighted by atomic mass is 16.4. The van der Waals surface area contributed by atoms with E-state index in [2.05, 4.69) is 4.98 Å². The van der Waals surface area contributed by atoms with Gasteiger partial charge in [-0.25, -0.2) is 4.79 Å². The van der Waals surface area contributed by atoms with E-state index in [1.54, 1.807) is 24.4 Å². The van der Waals surface area contributed by atoms with Crippen molar-refractivity contribution >= 4 is 12.0 Å². The number of nitrogens with zero attached hydrogens (tertiary/aromatic N) is 2. The van der Waals surface area contributed by atoms with Gasteiger partial charge in [0.15, 0.2) is 0 Å². The molecule has 0 aliphatic rings. The summed E-state index contributed by atoms with van der Waals surface area (Å²) in [7, 11) is 0. The Kier molecular flexibility index (Phi) is 2.77. The molecule has 0 aliphatic carbocycles. The number of aromatic nitrogens is 1. The lowest BCUT2D eigenvalue weighted by molar-refractivity contribution is -0.132. The second-order valence-electron chi connectivity index (χ2n) is 2.26. The van der Waals surface area contributed by atoms with Crippen molar-refractivity contribution in [1.29, 1.82) is 5.26 Å². The predicted octanol–water partition coefficient (Wildman–Crippen LogP) is 1.07. The molecule has 0 saturated carbocycles. The lowest BCUT2D eigenvalue weighted by Gasteiger charge is -1.91. The molecule has 0 atom stereocenters. The maximum Gasteiger partial charge on any atom is 0.346 e. The maximum atomic E-state index is 10.4. The van der Waals surface area contributed by atoms with Crippen molar-refractivity contribution in [2.45, 2.75) is 0 Å². The van der Waals surface area contributed by atoms with Gasteiger partial charge in [-0.2, -0.15) is 5.26 Å². The van der Waals surface area contributed by atoms with Crippen LogP contribution in [-0.4, -0.2) is 16.1 Å². The van der Waals surface area contributed by atoms with Gasteiger partial charge in [-0.3, -0.25) is 4.98 Å². The first-order chi connectivity index (χ1) is 6.24. The zero-order chi connectivity index (χ0) is 9.68. The molecule has 4 heteroatoms. The van der Waals surface area contributed by atoms with Gasteiger partial charge >= 0.3 is 5.97 Å². The van der Waals surface area contributed by atoms with Gasteiger partial charge in [-0.15, -0.1) is 0 Å². The van der Waals surface area contributed by atoms with E-state index in [1.807, 2.05) is 0 Å². The van der Waals surface area contributed by atoms with Gasteiger partial charge in [0.05, 0.1) is 0 Å². The van der Waals surface area contributed by atoms with Gasteiger partial charge < -0.3 is 5.11 Å². The third kappa shape index (κ3) is 2.42. The van der Waals surface area contributed by atoms with Crippen LogP contribution in [0, 0.1) is 11.3 Å². The summed E-state index contributed by atoms with van der Waals surface area (Å²) in [5, 5.41) is 17.0. The van der Waals surface area contributed by atoms with Gasteiger partial charge in [0.25, 0.3) is 0 Å². The van der Waals surface area contributed by atoms with Crippen LogP contribution >= 0.6 is 0 Å². The van der Waals surface area contributed by atoms with Gasteiger partial charge in [-0.05, 0) is 17.7 Å². The molecule has 0 spiro atoms. The number of carbonyl (C=O) groups is 1. The van der Waals surface area contributed by atoms with E-state index >= 15 is 0 Å². The number of carboxylic acids is 1. The fourth-order valence-electron chi connectivity index (χ4n) is 0.770. The molecule has 0 amide bonds. The Bertz CT molecular complexity index is 376. The molecule has 64 valence electrons. The standard InChI is InChI=1S/C9H6N2O2/c10-5-8(9(12)13)4-7-2-1-3-11-6-7/h1-4,6H,(H,12,13). The molecule has 1 aromatic heterocycles. The summed E-state index contributed by atoms with van der Waals surface area (Å²) >= 11 is 0. The van der Waals surface area contributed by atoms with Crippen molar-refractivity contribution in [3.05, 3.63) is 35.7 Å². The normalized spacial score (nSPS) is 10.5. The second-order valence-corrected chi connectivity index (χ2v) is 2.26. The zero-order valence-corrected chi connectivity index (χ0v) is 6.64. The van der Waals surface area contributed by atoms with Gasteiger partial charge in [-0.1, -0.05) is 6.07 Å². The summed E-state index contributed by atoms with van der Waals surface area (Å²) in [5.74, 6) is -1.23. The molecule has 0 fully saturated rings. The number of carboxylic acid groups (broad SMARTS) is 1. The minimum Gasteiger partial charge on any atom is -0.477 e. The van der Waals surface area contributed by atoms with Crippen LogP contribution in [0.15, 0.2) is 30.1 Å². The van der Waals surface area contributed by atoms with Crippen molar-refractivity contribution in [1.82, 2.24) is 4.98 Å². The highest BCUT2D eigenvalue weighted by molar-refractivity contribution is 5.96. The molecule has 1 aromatic rings. The van der Waals surface area contributed by atoms with Crippen molar-refractivity contribution in [2.24, 2.45) is 0 Å². The van der Waals surface area contributed by atoms with Gasteiger partial charge in [0, 0.05) is 12.4 Å². The number of hydrogen-bond donors (Lipinski definition) is 1. The van der Waals surface area contributed by atoms with Crippen LogP contribution in [0.25, 0.3) is 6.08 Å². The minimum atomic E-state index is -1.23. The van der Waals surface area contributed by atoms with Crippen LogP contribution in [0.2, 0.25) is 0 Å². The molecule has 4 nitrogen and oxygen atoms in total. The molecule has 1 rings (SSSR count). The van der Waals surface area contributed by atoms with E-state index in [0.717, 1.165) is 0 Å². The first-order valence-corrected chi connectivity index (χ1v) is 3.49. The highest BCUT2D eigenvalue weighted by Crippen LogP contribution is 2.04. The molecular weight excluding hydrogens is 168 g/mol. The third-order valence-corrected chi connectivity index (χ3v) is 1.35. The van der Waals surface area contributed by atoms with E-state index < -0.39 is 5.97 Å². The lowest BCUT2D eigenvalue weighted by Crippen LogP contribution is -1.97. The second kappa shape index (κ2) is 4.02. The molecule has 0 bridgehead atoms. The van der Waals surface area contributed by atoms with Crippen LogP contribution in [0.5, 0.6) is 0 Å². The average molecular weight is 174 g/mol. The third-order valence-electron chi connectivity index (χ3n) is 1.35. The fourth-order valence-corrected chi connectivity index (χ4v) is 0.770. The maximum absolute atomic E-state index is 10.4. The van der Waals surface area contributed by atoms with E-state index in [1.165, 1.54) is 12.3 Å². The monoisotopic (exact) mass is 174 g/mol. The Morgan fingerprint density at radius 3 is 2.92 bits per heavy atom. The molecule has 1 N–H and O–H groups in total. The Balaban J connectivity index is 3.01. The largest absolute Gasteiger partial charge is 0.477 e. The van der Waals surface area contributed by atoms with Crippen molar-refractivity contribution in [3.8, 4) is 6.07 Å². The van der Waals surface area contributed by atoms with Crippen LogP contribution in [0.1, 0.15) is 5.56 Å². The Morgan fingerprint density at radius 2 is 2.46 bits per heavy atom. The molecule has 0 aromatic carbocycles. The fraction of sp³-hybridized carbons (Fsp3) is 0. The first-order valence-electron chi connectivity index (χ1n) is 3.49. The topological polar surface area (TPSA) is 74.0 Å². The number of aliphatic carboxylic acids is 1. The van der Waals surface area contributed by atoms with Crippen LogP contribution < -0.4 is 0 Å². The minimum absolute atomic E-state index is 0.298. The average Bonchev–Trinajstić information content (AvgIpc) is 2.15.